The van der Waals surface area contributed by atoms with E-state index in [1.54, 1.807) is 0 Å². The average Bonchev–Trinajstić information content (AvgIpc) is 2.87. The largest absolute Gasteiger partial charge is 0.433 e. The summed E-state index contributed by atoms with van der Waals surface area (Å²) in [5.74, 6) is -0.751. The second kappa shape index (κ2) is 5.74. The Morgan fingerprint density at radius 3 is 2.85 bits per heavy atom. The average molecular weight is 289 g/mol. The molecule has 0 aliphatic carbocycles. The predicted molar refractivity (Wildman–Crippen MR) is 63.1 cm³/mol. The van der Waals surface area contributed by atoms with Gasteiger partial charge in [-0.15, -0.1) is 0 Å². The maximum absolute atomic E-state index is 12.6. The van der Waals surface area contributed by atoms with E-state index in [0.29, 0.717) is 12.7 Å². The lowest BCUT2D eigenvalue weighted by atomic mass is 10.2. The van der Waals surface area contributed by atoms with Gasteiger partial charge in [0.2, 0.25) is 0 Å². The molecule has 1 amide bonds. The van der Waals surface area contributed by atoms with Crippen molar-refractivity contribution in [3.8, 4) is 0 Å². The van der Waals surface area contributed by atoms with Gasteiger partial charge in [-0.3, -0.25) is 4.79 Å². The molecule has 0 bridgehead atoms. The van der Waals surface area contributed by atoms with Crippen molar-refractivity contribution in [3.05, 3.63) is 23.3 Å². The van der Waals surface area contributed by atoms with Crippen molar-refractivity contribution in [1.29, 1.82) is 0 Å². The minimum Gasteiger partial charge on any atom is -0.376 e. The summed E-state index contributed by atoms with van der Waals surface area (Å²) in [6, 6.07) is 0.651. The van der Waals surface area contributed by atoms with Gasteiger partial charge in [0.15, 0.2) is 0 Å². The highest BCUT2D eigenvalue weighted by atomic mass is 19.4. The Morgan fingerprint density at radius 2 is 2.25 bits per heavy atom. The Hall–Kier alpha value is -1.70. The number of nitrogens with one attached hydrogen (secondary N) is 1. The molecule has 2 heterocycles. The summed E-state index contributed by atoms with van der Waals surface area (Å²) >= 11 is 0. The number of halogens is 3. The van der Waals surface area contributed by atoms with Gasteiger partial charge in [-0.25, -0.2) is 9.97 Å². The summed E-state index contributed by atoms with van der Waals surface area (Å²) < 4.78 is 43.1. The standard InChI is InChI=1S/C12H14F3N3O2/c1-7-17-9(5-10(18-7)12(13,14)15)11(19)16-6-8-3-2-4-20-8/h5,8H,2-4,6H2,1H3,(H,16,19). The van der Waals surface area contributed by atoms with E-state index in [4.69, 9.17) is 4.74 Å². The molecule has 1 saturated heterocycles. The summed E-state index contributed by atoms with van der Waals surface area (Å²) in [4.78, 5) is 18.8. The van der Waals surface area contributed by atoms with Crippen LogP contribution in [0.5, 0.6) is 0 Å². The number of aromatic nitrogens is 2. The van der Waals surface area contributed by atoms with Gasteiger partial charge >= 0.3 is 6.18 Å². The molecule has 0 spiro atoms. The van der Waals surface area contributed by atoms with Crippen LogP contribution < -0.4 is 5.32 Å². The van der Waals surface area contributed by atoms with Crippen LogP contribution in [0.15, 0.2) is 6.07 Å². The van der Waals surface area contributed by atoms with Gasteiger partial charge in [-0.1, -0.05) is 0 Å². The first kappa shape index (κ1) is 14.7. The van der Waals surface area contributed by atoms with Gasteiger partial charge in [-0.2, -0.15) is 13.2 Å². The minimum atomic E-state index is -4.60. The molecule has 1 aliphatic heterocycles. The van der Waals surface area contributed by atoms with Crippen LogP contribution in [0.2, 0.25) is 0 Å². The number of carbonyl (C=O) groups excluding carboxylic acids is 1. The van der Waals surface area contributed by atoms with Crippen molar-refractivity contribution < 1.29 is 22.7 Å². The Kier molecular flexibility index (Phi) is 4.22. The lowest BCUT2D eigenvalue weighted by Crippen LogP contribution is -2.32. The van der Waals surface area contributed by atoms with E-state index in [0.717, 1.165) is 12.8 Å². The summed E-state index contributed by atoms with van der Waals surface area (Å²) in [7, 11) is 0. The Bertz CT molecular complexity index is 499. The van der Waals surface area contributed by atoms with E-state index >= 15 is 0 Å². The number of alkyl halides is 3. The fraction of sp³-hybridized carbons (Fsp3) is 0.583. The SMILES string of the molecule is Cc1nc(C(=O)NCC2CCCO2)cc(C(F)(F)F)n1. The fourth-order valence-corrected chi connectivity index (χ4v) is 1.93. The molecule has 1 aromatic rings. The number of hydrogen-bond acceptors (Lipinski definition) is 4. The van der Waals surface area contributed by atoms with Crippen LogP contribution in [-0.2, 0) is 10.9 Å². The molecule has 1 atom stereocenters. The normalized spacial score (nSPS) is 19.1. The van der Waals surface area contributed by atoms with Gasteiger partial charge in [0, 0.05) is 19.2 Å². The van der Waals surface area contributed by atoms with E-state index in [2.05, 4.69) is 15.3 Å². The molecule has 2 rings (SSSR count). The quantitative estimate of drug-likeness (QED) is 0.920. The third-order valence-electron chi connectivity index (χ3n) is 2.88. The van der Waals surface area contributed by atoms with Gasteiger partial charge in [0.25, 0.3) is 5.91 Å². The van der Waals surface area contributed by atoms with Crippen molar-refractivity contribution in [2.24, 2.45) is 0 Å². The number of hydrogen-bond donors (Lipinski definition) is 1. The highest BCUT2D eigenvalue weighted by Crippen LogP contribution is 2.27. The van der Waals surface area contributed by atoms with Crippen molar-refractivity contribution >= 4 is 5.91 Å². The topological polar surface area (TPSA) is 64.1 Å². The van der Waals surface area contributed by atoms with E-state index in [1.807, 2.05) is 0 Å². The second-order valence-electron chi connectivity index (χ2n) is 4.53. The van der Waals surface area contributed by atoms with Crippen LogP contribution >= 0.6 is 0 Å². The number of aryl methyl sites for hydroxylation is 1. The van der Waals surface area contributed by atoms with Crippen molar-refractivity contribution in [2.75, 3.05) is 13.2 Å². The molecule has 1 aliphatic rings. The summed E-state index contributed by atoms with van der Waals surface area (Å²) in [6.45, 7) is 2.22. The lowest BCUT2D eigenvalue weighted by molar-refractivity contribution is -0.141. The second-order valence-corrected chi connectivity index (χ2v) is 4.53. The lowest BCUT2D eigenvalue weighted by Gasteiger charge is -2.12. The number of nitrogens with zero attached hydrogens (tertiary/aromatic N) is 2. The van der Waals surface area contributed by atoms with Gasteiger partial charge in [0.05, 0.1) is 6.10 Å². The zero-order valence-corrected chi connectivity index (χ0v) is 10.8. The van der Waals surface area contributed by atoms with E-state index in [-0.39, 0.29) is 24.2 Å². The van der Waals surface area contributed by atoms with E-state index < -0.39 is 17.8 Å². The van der Waals surface area contributed by atoms with Gasteiger partial charge in [-0.05, 0) is 19.8 Å². The molecular weight excluding hydrogens is 275 g/mol. The first-order valence-corrected chi connectivity index (χ1v) is 6.19. The number of amides is 1. The third kappa shape index (κ3) is 3.66. The summed E-state index contributed by atoms with van der Waals surface area (Å²) in [5.41, 5.74) is -1.41. The first-order chi connectivity index (χ1) is 9.36. The van der Waals surface area contributed by atoms with Crippen LogP contribution in [0.3, 0.4) is 0 Å². The van der Waals surface area contributed by atoms with Gasteiger partial charge < -0.3 is 10.1 Å². The van der Waals surface area contributed by atoms with Crippen molar-refractivity contribution in [3.63, 3.8) is 0 Å². The molecule has 8 heteroatoms. The van der Waals surface area contributed by atoms with Crippen molar-refractivity contribution in [2.45, 2.75) is 32.0 Å². The monoisotopic (exact) mass is 289 g/mol. The van der Waals surface area contributed by atoms with E-state index in [9.17, 15) is 18.0 Å². The number of carbonyl (C=O) groups is 1. The summed E-state index contributed by atoms with van der Waals surface area (Å²) in [5, 5.41) is 2.53. The van der Waals surface area contributed by atoms with Gasteiger partial charge in [0.1, 0.15) is 17.2 Å². The molecule has 110 valence electrons. The zero-order valence-electron chi connectivity index (χ0n) is 10.8. The molecule has 0 aromatic carbocycles. The highest BCUT2D eigenvalue weighted by molar-refractivity contribution is 5.92. The molecule has 1 N–H and O–H groups in total. The Balaban J connectivity index is 2.07. The molecule has 0 saturated carbocycles. The maximum atomic E-state index is 12.6. The minimum absolute atomic E-state index is 0.0797. The Morgan fingerprint density at radius 1 is 1.50 bits per heavy atom. The van der Waals surface area contributed by atoms with Crippen LogP contribution in [0, 0.1) is 6.92 Å². The highest BCUT2D eigenvalue weighted by Gasteiger charge is 2.34. The number of rotatable bonds is 3. The van der Waals surface area contributed by atoms with Crippen molar-refractivity contribution in [1.82, 2.24) is 15.3 Å². The van der Waals surface area contributed by atoms with Crippen LogP contribution in [0.4, 0.5) is 13.2 Å². The smallest absolute Gasteiger partial charge is 0.376 e. The molecule has 0 radical (unpaired) electrons. The fourth-order valence-electron chi connectivity index (χ4n) is 1.93. The first-order valence-electron chi connectivity index (χ1n) is 6.19. The van der Waals surface area contributed by atoms with Crippen LogP contribution in [0.1, 0.15) is 34.8 Å². The molecule has 1 unspecified atom stereocenters. The third-order valence-corrected chi connectivity index (χ3v) is 2.88. The van der Waals surface area contributed by atoms with E-state index in [1.165, 1.54) is 6.92 Å². The molecule has 5 nitrogen and oxygen atoms in total. The summed E-state index contributed by atoms with van der Waals surface area (Å²) in [6.07, 6.45) is -2.93. The molecule has 1 aromatic heterocycles. The maximum Gasteiger partial charge on any atom is 0.433 e. The zero-order chi connectivity index (χ0) is 14.8. The molecule has 20 heavy (non-hydrogen) atoms. The van der Waals surface area contributed by atoms with Crippen LogP contribution in [0.25, 0.3) is 0 Å². The number of ether oxygens (including phenoxy) is 1. The molecular formula is C12H14F3N3O2. The predicted octanol–water partition coefficient (Wildman–Crippen LogP) is 1.71. The van der Waals surface area contributed by atoms with Crippen LogP contribution in [-0.4, -0.2) is 35.1 Å². The Labute approximate surface area is 113 Å². The molecule has 1 fully saturated rings.